The topological polar surface area (TPSA) is 47.9 Å². The van der Waals surface area contributed by atoms with Crippen LogP contribution in [0.3, 0.4) is 0 Å². The number of nitrogens with zero attached hydrogens (tertiary/aromatic N) is 3. The van der Waals surface area contributed by atoms with Gasteiger partial charge in [-0.3, -0.25) is 0 Å². The Morgan fingerprint density at radius 1 is 0.852 bits per heavy atom. The summed E-state index contributed by atoms with van der Waals surface area (Å²) in [6, 6.07) is 15.9. The highest BCUT2D eigenvalue weighted by Gasteiger charge is 2.11. The highest BCUT2D eigenvalue weighted by Crippen LogP contribution is 2.19. The Labute approximate surface area is 162 Å². The van der Waals surface area contributed by atoms with E-state index in [1.165, 1.54) is 0 Å². The maximum atomic E-state index is 12.3. The average Bonchev–Trinajstić information content (AvgIpc) is 2.66. The number of benzene rings is 2. The molecule has 0 aliphatic rings. The largest absolute Gasteiger partial charge is 0.378 e. The zero-order valence-corrected chi connectivity index (χ0v) is 17.0. The van der Waals surface area contributed by atoms with E-state index in [0.717, 1.165) is 35.3 Å². The van der Waals surface area contributed by atoms with E-state index >= 15 is 0 Å². The summed E-state index contributed by atoms with van der Waals surface area (Å²) in [5.41, 5.74) is 4.73. The number of rotatable bonds is 7. The molecular weight excluding hydrogens is 336 g/mol. The lowest BCUT2D eigenvalue weighted by atomic mass is 10.0. The van der Waals surface area contributed by atoms with Crippen molar-refractivity contribution in [2.24, 2.45) is 4.99 Å². The van der Waals surface area contributed by atoms with Crippen LogP contribution in [0.15, 0.2) is 53.5 Å². The molecule has 144 valence electrons. The molecule has 1 N–H and O–H groups in total. The van der Waals surface area contributed by atoms with Crippen molar-refractivity contribution in [2.45, 2.75) is 19.8 Å². The summed E-state index contributed by atoms with van der Waals surface area (Å²) in [5, 5.41) is 2.87. The van der Waals surface area contributed by atoms with Crippen LogP contribution >= 0.6 is 0 Å². The quantitative estimate of drug-likeness (QED) is 0.591. The van der Waals surface area contributed by atoms with Gasteiger partial charge in [0.25, 0.3) is 0 Å². The molecule has 0 unspecified atom stereocenters. The lowest BCUT2D eigenvalue weighted by Crippen LogP contribution is -2.22. The van der Waals surface area contributed by atoms with Gasteiger partial charge < -0.3 is 15.1 Å². The van der Waals surface area contributed by atoms with Crippen molar-refractivity contribution in [1.29, 1.82) is 0 Å². The van der Waals surface area contributed by atoms with Crippen LogP contribution in [0.4, 0.5) is 16.2 Å². The standard InChI is InChI=1S/C22H30N4O/c1-6-7-16-23-22(27)24-21(17-8-12-19(13-9-17)25(2)3)18-10-14-20(15-11-18)26(4)5/h8-15H,6-7,16H2,1-5H3,(H,23,27). The van der Waals surface area contributed by atoms with Crippen LogP contribution in [0.5, 0.6) is 0 Å². The van der Waals surface area contributed by atoms with Crippen molar-refractivity contribution in [2.75, 3.05) is 44.5 Å². The van der Waals surface area contributed by atoms with E-state index in [0.29, 0.717) is 12.3 Å². The molecule has 0 fully saturated rings. The minimum atomic E-state index is -0.299. The lowest BCUT2D eigenvalue weighted by Gasteiger charge is -2.15. The van der Waals surface area contributed by atoms with Gasteiger partial charge in [0.2, 0.25) is 0 Å². The maximum Gasteiger partial charge on any atom is 0.341 e. The van der Waals surface area contributed by atoms with Gasteiger partial charge in [-0.15, -0.1) is 0 Å². The number of nitrogens with one attached hydrogen (secondary N) is 1. The molecule has 0 spiro atoms. The fraction of sp³-hybridized carbons (Fsp3) is 0.364. The maximum absolute atomic E-state index is 12.3. The third kappa shape index (κ3) is 5.84. The Morgan fingerprint density at radius 3 is 1.67 bits per heavy atom. The predicted molar refractivity (Wildman–Crippen MR) is 115 cm³/mol. The van der Waals surface area contributed by atoms with Gasteiger partial charge in [-0.2, -0.15) is 4.99 Å². The highest BCUT2D eigenvalue weighted by molar-refractivity contribution is 6.16. The number of hydrogen-bond acceptors (Lipinski definition) is 3. The van der Waals surface area contributed by atoms with Crippen LogP contribution in [0.2, 0.25) is 0 Å². The van der Waals surface area contributed by atoms with Gasteiger partial charge in [0.1, 0.15) is 0 Å². The molecule has 2 amide bonds. The van der Waals surface area contributed by atoms with Gasteiger partial charge >= 0.3 is 6.03 Å². The summed E-state index contributed by atoms with van der Waals surface area (Å²) < 4.78 is 0. The number of unbranched alkanes of at least 4 members (excludes halogenated alkanes) is 1. The first-order valence-electron chi connectivity index (χ1n) is 9.34. The number of anilines is 2. The zero-order valence-electron chi connectivity index (χ0n) is 17.0. The van der Waals surface area contributed by atoms with Gasteiger partial charge in [-0.05, 0) is 30.7 Å². The molecule has 2 aromatic carbocycles. The van der Waals surface area contributed by atoms with Crippen LogP contribution in [0.25, 0.3) is 0 Å². The molecule has 0 bridgehead atoms. The Kier molecular flexibility index (Phi) is 7.41. The van der Waals surface area contributed by atoms with Crippen LogP contribution in [0, 0.1) is 0 Å². The number of amides is 2. The third-order valence-electron chi connectivity index (χ3n) is 4.33. The molecule has 0 heterocycles. The molecule has 0 aliphatic heterocycles. The summed E-state index contributed by atoms with van der Waals surface area (Å²) in [7, 11) is 8.02. The van der Waals surface area contributed by atoms with E-state index in [1.54, 1.807) is 0 Å². The molecule has 0 radical (unpaired) electrons. The second-order valence-corrected chi connectivity index (χ2v) is 6.93. The second kappa shape index (κ2) is 9.76. The Morgan fingerprint density at radius 2 is 1.30 bits per heavy atom. The normalized spacial score (nSPS) is 10.3. The Bertz CT molecular complexity index is 708. The molecule has 27 heavy (non-hydrogen) atoms. The summed E-state index contributed by atoms with van der Waals surface area (Å²) in [6.45, 7) is 2.74. The lowest BCUT2D eigenvalue weighted by molar-refractivity contribution is 0.249. The smallest absolute Gasteiger partial charge is 0.341 e. The van der Waals surface area contributed by atoms with E-state index in [1.807, 2.05) is 86.5 Å². The van der Waals surface area contributed by atoms with Crippen LogP contribution in [-0.4, -0.2) is 46.5 Å². The fourth-order valence-electron chi connectivity index (χ4n) is 2.64. The SMILES string of the molecule is CCCCNC(=O)N=C(c1ccc(N(C)C)cc1)c1ccc(N(C)C)cc1. The monoisotopic (exact) mass is 366 g/mol. The summed E-state index contributed by atoms with van der Waals surface area (Å²) in [5.74, 6) is 0. The molecule has 0 aliphatic carbocycles. The third-order valence-corrected chi connectivity index (χ3v) is 4.33. The number of carbonyl (C=O) groups excluding carboxylic acids is 1. The summed E-state index contributed by atoms with van der Waals surface area (Å²) in [6.07, 6.45) is 1.99. The number of carbonyl (C=O) groups is 1. The minimum Gasteiger partial charge on any atom is -0.378 e. The molecule has 0 atom stereocenters. The molecule has 0 saturated heterocycles. The second-order valence-electron chi connectivity index (χ2n) is 6.93. The van der Waals surface area contributed by atoms with Gasteiger partial charge in [0.05, 0.1) is 5.71 Å². The van der Waals surface area contributed by atoms with E-state index in [2.05, 4.69) is 17.2 Å². The van der Waals surface area contributed by atoms with Crippen molar-refractivity contribution in [3.05, 3.63) is 59.7 Å². The number of aliphatic imine (C=N–C) groups is 1. The first-order chi connectivity index (χ1) is 12.9. The van der Waals surface area contributed by atoms with Crippen molar-refractivity contribution in [1.82, 2.24) is 5.32 Å². The Balaban J connectivity index is 2.37. The number of urea groups is 1. The van der Waals surface area contributed by atoms with Crippen LogP contribution in [0.1, 0.15) is 30.9 Å². The summed E-state index contributed by atoms with van der Waals surface area (Å²) >= 11 is 0. The average molecular weight is 367 g/mol. The van der Waals surface area contributed by atoms with E-state index < -0.39 is 0 Å². The zero-order chi connectivity index (χ0) is 19.8. The molecule has 2 aromatic rings. The predicted octanol–water partition coefficient (Wildman–Crippen LogP) is 4.17. The number of hydrogen-bond donors (Lipinski definition) is 1. The van der Waals surface area contributed by atoms with E-state index in [4.69, 9.17) is 0 Å². The van der Waals surface area contributed by atoms with Gasteiger partial charge in [-0.1, -0.05) is 37.6 Å². The van der Waals surface area contributed by atoms with E-state index in [-0.39, 0.29) is 6.03 Å². The minimum absolute atomic E-state index is 0.299. The first kappa shape index (κ1) is 20.5. The molecule has 5 heteroatoms. The van der Waals surface area contributed by atoms with Crippen molar-refractivity contribution < 1.29 is 4.79 Å². The Hall–Kier alpha value is -2.82. The van der Waals surface area contributed by atoms with Gasteiger partial charge in [-0.25, -0.2) is 4.79 Å². The molecular formula is C22H30N4O. The van der Waals surface area contributed by atoms with Gasteiger partial charge in [0, 0.05) is 57.2 Å². The highest BCUT2D eigenvalue weighted by atomic mass is 16.2. The fourth-order valence-corrected chi connectivity index (χ4v) is 2.64. The molecule has 0 saturated carbocycles. The molecule has 0 aromatic heterocycles. The molecule has 2 rings (SSSR count). The molecule has 5 nitrogen and oxygen atoms in total. The van der Waals surface area contributed by atoms with Crippen molar-refractivity contribution in [3.63, 3.8) is 0 Å². The van der Waals surface area contributed by atoms with Crippen LogP contribution < -0.4 is 15.1 Å². The van der Waals surface area contributed by atoms with Crippen molar-refractivity contribution >= 4 is 23.1 Å². The first-order valence-corrected chi connectivity index (χ1v) is 9.34. The van der Waals surface area contributed by atoms with Gasteiger partial charge in [0.15, 0.2) is 0 Å². The van der Waals surface area contributed by atoms with Crippen molar-refractivity contribution in [3.8, 4) is 0 Å². The van der Waals surface area contributed by atoms with E-state index in [9.17, 15) is 4.79 Å². The summed E-state index contributed by atoms with van der Waals surface area (Å²) in [4.78, 5) is 20.8. The van der Waals surface area contributed by atoms with Crippen LogP contribution in [-0.2, 0) is 0 Å².